The molecule has 0 aliphatic carbocycles. The second kappa shape index (κ2) is 3.99. The van der Waals surface area contributed by atoms with Crippen molar-refractivity contribution in [2.45, 2.75) is 18.7 Å². The molecule has 1 aliphatic heterocycles. The fourth-order valence-corrected chi connectivity index (χ4v) is 2.82. The summed E-state index contributed by atoms with van der Waals surface area (Å²) in [5.41, 5.74) is 8.81. The van der Waals surface area contributed by atoms with Gasteiger partial charge in [0.1, 0.15) is 5.82 Å². The minimum Gasteiger partial charge on any atom is -0.324 e. The molecule has 0 saturated carbocycles. The molecule has 16 heavy (non-hydrogen) atoms. The van der Waals surface area contributed by atoms with Crippen LogP contribution in [0.2, 0.25) is 0 Å². The monoisotopic (exact) mass is 232 g/mol. The second-order valence-electron chi connectivity index (χ2n) is 3.80. The summed E-state index contributed by atoms with van der Waals surface area (Å²) in [7, 11) is 0. The number of aromatic nitrogens is 3. The highest BCUT2D eigenvalue weighted by Gasteiger charge is 2.12. The van der Waals surface area contributed by atoms with Gasteiger partial charge >= 0.3 is 0 Å². The lowest BCUT2D eigenvalue weighted by Gasteiger charge is -2.14. The van der Waals surface area contributed by atoms with Crippen molar-refractivity contribution >= 4 is 22.8 Å². The molecule has 0 amide bonds. The molecule has 0 radical (unpaired) electrons. The fourth-order valence-electron chi connectivity index (χ4n) is 1.87. The highest BCUT2D eigenvalue weighted by atomic mass is 32.2. The summed E-state index contributed by atoms with van der Waals surface area (Å²) in [6.45, 7) is 0.365. The Morgan fingerprint density at radius 2 is 2.31 bits per heavy atom. The van der Waals surface area contributed by atoms with E-state index in [4.69, 9.17) is 5.73 Å². The summed E-state index contributed by atoms with van der Waals surface area (Å²) in [6.07, 6.45) is 2.92. The van der Waals surface area contributed by atoms with E-state index in [1.165, 1.54) is 17.0 Å². The van der Waals surface area contributed by atoms with Crippen LogP contribution in [0, 0.1) is 0 Å². The van der Waals surface area contributed by atoms with Crippen molar-refractivity contribution in [1.29, 1.82) is 0 Å². The first kappa shape index (κ1) is 9.99. The molecule has 0 aromatic carbocycles. The largest absolute Gasteiger partial charge is 0.324 e. The lowest BCUT2D eigenvalue weighted by Crippen LogP contribution is -2.08. The zero-order valence-corrected chi connectivity index (χ0v) is 9.63. The van der Waals surface area contributed by atoms with Crippen molar-refractivity contribution in [2.24, 2.45) is 5.73 Å². The van der Waals surface area contributed by atoms with E-state index in [2.05, 4.69) is 21.0 Å². The van der Waals surface area contributed by atoms with Crippen LogP contribution < -0.4 is 5.73 Å². The number of rotatable bonds is 1. The Morgan fingerprint density at radius 3 is 3.19 bits per heavy atom. The predicted molar refractivity (Wildman–Crippen MR) is 65.1 cm³/mol. The molecule has 5 heteroatoms. The van der Waals surface area contributed by atoms with E-state index in [-0.39, 0.29) is 0 Å². The predicted octanol–water partition coefficient (Wildman–Crippen LogP) is 1.27. The van der Waals surface area contributed by atoms with E-state index in [0.29, 0.717) is 12.4 Å². The van der Waals surface area contributed by atoms with Gasteiger partial charge in [0.05, 0.1) is 12.2 Å². The summed E-state index contributed by atoms with van der Waals surface area (Å²) >= 11 is 1.93. The number of hydrogen-bond donors (Lipinski definition) is 1. The summed E-state index contributed by atoms with van der Waals surface area (Å²) < 4.78 is 0. The molecule has 2 aromatic heterocycles. The van der Waals surface area contributed by atoms with Crippen LogP contribution in [-0.2, 0) is 18.7 Å². The average molecular weight is 232 g/mol. The van der Waals surface area contributed by atoms with Crippen molar-refractivity contribution < 1.29 is 0 Å². The number of pyridine rings is 1. The standard InChI is InChI=1S/C11H12N4S/c12-4-10-13-5-8-3-7-1-2-16-6-9(7)14-11(8)15-10/h3,5H,1-2,4,6,12H2. The van der Waals surface area contributed by atoms with Crippen molar-refractivity contribution in [1.82, 2.24) is 15.0 Å². The Kier molecular flexibility index (Phi) is 2.49. The van der Waals surface area contributed by atoms with E-state index < -0.39 is 0 Å². The summed E-state index contributed by atoms with van der Waals surface area (Å²) in [5, 5.41) is 1.02. The van der Waals surface area contributed by atoms with E-state index in [0.717, 1.165) is 23.2 Å². The number of hydrogen-bond acceptors (Lipinski definition) is 5. The molecule has 0 atom stereocenters. The SMILES string of the molecule is NCc1ncc2cc3c(nc2n1)CSCC3. The van der Waals surface area contributed by atoms with Crippen LogP contribution in [0.1, 0.15) is 17.1 Å². The van der Waals surface area contributed by atoms with Gasteiger partial charge in [-0.3, -0.25) is 0 Å². The maximum atomic E-state index is 5.52. The van der Waals surface area contributed by atoms with Crippen LogP contribution in [0.4, 0.5) is 0 Å². The Balaban J connectivity index is 2.19. The normalized spacial score (nSPS) is 15.1. The molecule has 1 aliphatic rings. The molecule has 2 N–H and O–H groups in total. The average Bonchev–Trinajstić information content (AvgIpc) is 2.35. The second-order valence-corrected chi connectivity index (χ2v) is 4.91. The Morgan fingerprint density at radius 1 is 1.38 bits per heavy atom. The van der Waals surface area contributed by atoms with Gasteiger partial charge in [0.25, 0.3) is 0 Å². The topological polar surface area (TPSA) is 64.7 Å². The molecular weight excluding hydrogens is 220 g/mol. The molecule has 3 heterocycles. The fraction of sp³-hybridized carbons (Fsp3) is 0.364. The Hall–Kier alpha value is -1.20. The number of fused-ring (bicyclic) bond motifs is 2. The van der Waals surface area contributed by atoms with Crippen LogP contribution in [0.15, 0.2) is 12.3 Å². The van der Waals surface area contributed by atoms with Gasteiger partial charge in [-0.1, -0.05) is 0 Å². The molecule has 82 valence electrons. The van der Waals surface area contributed by atoms with Gasteiger partial charge in [-0.25, -0.2) is 15.0 Å². The molecule has 0 spiro atoms. The van der Waals surface area contributed by atoms with E-state index in [1.807, 2.05) is 18.0 Å². The third kappa shape index (κ3) is 1.66. The van der Waals surface area contributed by atoms with Gasteiger partial charge in [0.15, 0.2) is 5.65 Å². The Bertz CT molecular complexity index is 541. The molecule has 4 nitrogen and oxygen atoms in total. The minimum absolute atomic E-state index is 0.365. The lowest BCUT2D eigenvalue weighted by atomic mass is 10.1. The molecule has 0 fully saturated rings. The first-order valence-electron chi connectivity index (χ1n) is 5.29. The van der Waals surface area contributed by atoms with Crippen molar-refractivity contribution in [3.05, 3.63) is 29.3 Å². The number of thioether (sulfide) groups is 1. The minimum atomic E-state index is 0.365. The first-order chi connectivity index (χ1) is 7.86. The van der Waals surface area contributed by atoms with Crippen molar-refractivity contribution in [3.63, 3.8) is 0 Å². The third-order valence-electron chi connectivity index (χ3n) is 2.72. The number of aryl methyl sites for hydroxylation is 1. The molecular formula is C11H12N4S. The lowest BCUT2D eigenvalue weighted by molar-refractivity contribution is 0.914. The molecule has 0 saturated heterocycles. The molecule has 2 aromatic rings. The zero-order valence-electron chi connectivity index (χ0n) is 8.81. The number of nitrogens with zero attached hydrogens (tertiary/aromatic N) is 3. The van der Waals surface area contributed by atoms with E-state index >= 15 is 0 Å². The third-order valence-corrected chi connectivity index (χ3v) is 3.69. The van der Waals surface area contributed by atoms with Gasteiger partial charge in [-0.05, 0) is 23.8 Å². The first-order valence-corrected chi connectivity index (χ1v) is 6.44. The van der Waals surface area contributed by atoms with Crippen LogP contribution in [0.3, 0.4) is 0 Å². The summed E-state index contributed by atoms with van der Waals surface area (Å²) in [6, 6.07) is 2.16. The van der Waals surface area contributed by atoms with Crippen LogP contribution >= 0.6 is 11.8 Å². The zero-order chi connectivity index (χ0) is 11.0. The van der Waals surface area contributed by atoms with Gasteiger partial charge in [0, 0.05) is 17.3 Å². The highest BCUT2D eigenvalue weighted by Crippen LogP contribution is 2.25. The number of nitrogens with two attached hydrogens (primary N) is 1. The Labute approximate surface area is 97.7 Å². The van der Waals surface area contributed by atoms with E-state index in [9.17, 15) is 0 Å². The smallest absolute Gasteiger partial charge is 0.163 e. The van der Waals surface area contributed by atoms with Gasteiger partial charge < -0.3 is 5.73 Å². The molecule has 3 rings (SSSR count). The van der Waals surface area contributed by atoms with E-state index in [1.54, 1.807) is 0 Å². The van der Waals surface area contributed by atoms with Crippen LogP contribution in [0.5, 0.6) is 0 Å². The van der Waals surface area contributed by atoms with Crippen LogP contribution in [0.25, 0.3) is 11.0 Å². The quantitative estimate of drug-likeness (QED) is 0.802. The molecule has 0 unspecified atom stereocenters. The maximum Gasteiger partial charge on any atom is 0.163 e. The maximum absolute atomic E-state index is 5.52. The van der Waals surface area contributed by atoms with Crippen LogP contribution in [-0.4, -0.2) is 20.7 Å². The van der Waals surface area contributed by atoms with Crippen molar-refractivity contribution in [2.75, 3.05) is 5.75 Å². The van der Waals surface area contributed by atoms with Gasteiger partial charge in [0.2, 0.25) is 0 Å². The van der Waals surface area contributed by atoms with Gasteiger partial charge in [-0.15, -0.1) is 0 Å². The summed E-state index contributed by atoms with van der Waals surface area (Å²) in [5.74, 6) is 2.83. The van der Waals surface area contributed by atoms with Crippen molar-refractivity contribution in [3.8, 4) is 0 Å². The van der Waals surface area contributed by atoms with Gasteiger partial charge in [-0.2, -0.15) is 11.8 Å². The highest BCUT2D eigenvalue weighted by molar-refractivity contribution is 7.98. The summed E-state index contributed by atoms with van der Waals surface area (Å²) in [4.78, 5) is 13.1. The molecule has 0 bridgehead atoms.